The van der Waals surface area contributed by atoms with Gasteiger partial charge in [-0.15, -0.1) is 0 Å². The van der Waals surface area contributed by atoms with Gasteiger partial charge < -0.3 is 10.5 Å². The summed E-state index contributed by atoms with van der Waals surface area (Å²) in [6.45, 7) is 6.13. The number of anilines is 1. The molecule has 0 saturated carbocycles. The molecule has 1 unspecified atom stereocenters. The molecule has 0 saturated heterocycles. The van der Waals surface area contributed by atoms with E-state index in [0.717, 1.165) is 6.42 Å². The number of carbonyl (C=O) groups excluding carboxylic acids is 1. The summed E-state index contributed by atoms with van der Waals surface area (Å²) >= 11 is 0. The number of rotatable bonds is 4. The first-order valence-electron chi connectivity index (χ1n) is 5.12. The van der Waals surface area contributed by atoms with Crippen molar-refractivity contribution in [3.63, 3.8) is 0 Å². The molecule has 1 aromatic heterocycles. The van der Waals surface area contributed by atoms with Crippen LogP contribution in [0, 0.1) is 0 Å². The molecule has 5 nitrogen and oxygen atoms in total. The number of carbonyl (C=O) groups is 1. The number of hydrogen-bond acceptors (Lipinski definition) is 4. The number of nitrogen functional groups attached to an aromatic ring is 1. The third-order valence-corrected chi connectivity index (χ3v) is 2.25. The van der Waals surface area contributed by atoms with Crippen LogP contribution < -0.4 is 5.73 Å². The Morgan fingerprint density at radius 2 is 2.33 bits per heavy atom. The van der Waals surface area contributed by atoms with E-state index in [9.17, 15) is 4.79 Å². The van der Waals surface area contributed by atoms with E-state index in [1.165, 1.54) is 0 Å². The zero-order valence-corrected chi connectivity index (χ0v) is 9.36. The van der Waals surface area contributed by atoms with Gasteiger partial charge in [-0.05, 0) is 20.3 Å². The summed E-state index contributed by atoms with van der Waals surface area (Å²) in [6, 6.07) is 1.69. The van der Waals surface area contributed by atoms with E-state index in [2.05, 4.69) is 5.10 Å². The van der Waals surface area contributed by atoms with Crippen molar-refractivity contribution < 1.29 is 9.53 Å². The molecule has 0 fully saturated rings. The molecular weight excluding hydrogens is 194 g/mol. The van der Waals surface area contributed by atoms with Gasteiger partial charge in [-0.2, -0.15) is 5.10 Å². The largest absolute Gasteiger partial charge is 0.461 e. The predicted octanol–water partition coefficient (Wildman–Crippen LogP) is 1.61. The average molecular weight is 211 g/mol. The monoisotopic (exact) mass is 211 g/mol. The van der Waals surface area contributed by atoms with Crippen molar-refractivity contribution in [2.24, 2.45) is 0 Å². The fraction of sp³-hybridized carbons (Fsp3) is 0.600. The van der Waals surface area contributed by atoms with Gasteiger partial charge in [-0.3, -0.25) is 4.68 Å². The number of nitrogens with zero attached hydrogens (tertiary/aromatic N) is 2. The smallest absolute Gasteiger partial charge is 0.356 e. The number of ether oxygens (including phenoxy) is 1. The molecule has 15 heavy (non-hydrogen) atoms. The van der Waals surface area contributed by atoms with Gasteiger partial charge >= 0.3 is 5.97 Å². The Bertz CT molecular complexity index is 346. The van der Waals surface area contributed by atoms with E-state index >= 15 is 0 Å². The lowest BCUT2D eigenvalue weighted by molar-refractivity contribution is 0.0509. The van der Waals surface area contributed by atoms with Crippen LogP contribution in [0.2, 0.25) is 0 Å². The van der Waals surface area contributed by atoms with Crippen molar-refractivity contribution in [2.75, 3.05) is 12.3 Å². The highest BCUT2D eigenvalue weighted by Crippen LogP contribution is 2.16. The molecule has 5 heteroatoms. The first kappa shape index (κ1) is 11.6. The van der Waals surface area contributed by atoms with Crippen molar-refractivity contribution >= 4 is 11.8 Å². The molecule has 84 valence electrons. The Labute approximate surface area is 89.2 Å². The van der Waals surface area contributed by atoms with E-state index in [1.54, 1.807) is 17.7 Å². The standard InChI is InChI=1S/C10H17N3O2/c1-4-7(3)13-8(6-9(11)12-13)10(14)15-5-2/h6-7H,4-5H2,1-3H3,(H2,11,12). The summed E-state index contributed by atoms with van der Waals surface area (Å²) < 4.78 is 6.54. The van der Waals surface area contributed by atoms with Crippen LogP contribution in [0.3, 0.4) is 0 Å². The minimum absolute atomic E-state index is 0.140. The summed E-state index contributed by atoms with van der Waals surface area (Å²) in [5.41, 5.74) is 5.99. The maximum absolute atomic E-state index is 11.6. The van der Waals surface area contributed by atoms with Gasteiger partial charge in [0.25, 0.3) is 0 Å². The maximum Gasteiger partial charge on any atom is 0.356 e. The zero-order chi connectivity index (χ0) is 11.4. The molecule has 0 bridgehead atoms. The number of aromatic nitrogens is 2. The molecule has 2 N–H and O–H groups in total. The molecule has 0 aliphatic rings. The van der Waals surface area contributed by atoms with E-state index in [-0.39, 0.29) is 12.0 Å². The molecule has 0 aliphatic carbocycles. The maximum atomic E-state index is 11.6. The summed E-state index contributed by atoms with van der Waals surface area (Å²) in [7, 11) is 0. The van der Waals surface area contributed by atoms with Crippen molar-refractivity contribution in [1.29, 1.82) is 0 Å². The van der Waals surface area contributed by atoms with Crippen LogP contribution in [-0.4, -0.2) is 22.4 Å². The first-order valence-corrected chi connectivity index (χ1v) is 5.12. The number of hydrogen-bond donors (Lipinski definition) is 1. The second-order valence-electron chi connectivity index (χ2n) is 3.38. The minimum Gasteiger partial charge on any atom is -0.461 e. The SMILES string of the molecule is CCOC(=O)c1cc(N)nn1C(C)CC. The lowest BCUT2D eigenvalue weighted by Gasteiger charge is -2.12. The van der Waals surface area contributed by atoms with Crippen molar-refractivity contribution in [2.45, 2.75) is 33.2 Å². The second kappa shape index (κ2) is 4.82. The molecule has 0 radical (unpaired) electrons. The lowest BCUT2D eigenvalue weighted by Crippen LogP contribution is -2.16. The quantitative estimate of drug-likeness (QED) is 0.768. The molecule has 0 aliphatic heterocycles. The van der Waals surface area contributed by atoms with Crippen molar-refractivity contribution in [3.05, 3.63) is 11.8 Å². The summed E-state index contributed by atoms with van der Waals surface area (Å²) in [5, 5.41) is 4.08. The minimum atomic E-state index is -0.373. The fourth-order valence-corrected chi connectivity index (χ4v) is 1.28. The van der Waals surface area contributed by atoms with Crippen LogP contribution >= 0.6 is 0 Å². The molecule has 1 atom stereocenters. The van der Waals surface area contributed by atoms with Gasteiger partial charge in [-0.1, -0.05) is 6.92 Å². The Hall–Kier alpha value is -1.52. The number of nitrogens with two attached hydrogens (primary N) is 1. The van der Waals surface area contributed by atoms with Crippen molar-refractivity contribution in [3.8, 4) is 0 Å². The third-order valence-electron chi connectivity index (χ3n) is 2.25. The van der Waals surface area contributed by atoms with Crippen LogP contribution in [-0.2, 0) is 4.74 Å². The summed E-state index contributed by atoms with van der Waals surface area (Å²) in [6.07, 6.45) is 0.882. The molecular formula is C10H17N3O2. The van der Waals surface area contributed by atoms with Gasteiger partial charge in [0.2, 0.25) is 0 Å². The van der Waals surface area contributed by atoms with E-state index in [4.69, 9.17) is 10.5 Å². The fourth-order valence-electron chi connectivity index (χ4n) is 1.28. The lowest BCUT2D eigenvalue weighted by atomic mass is 10.2. The van der Waals surface area contributed by atoms with Crippen LogP contribution in [0.4, 0.5) is 5.82 Å². The van der Waals surface area contributed by atoms with Crippen LogP contribution in [0.1, 0.15) is 43.7 Å². The van der Waals surface area contributed by atoms with Gasteiger partial charge in [0, 0.05) is 12.1 Å². The first-order chi connectivity index (χ1) is 7.10. The molecule has 0 aromatic carbocycles. The van der Waals surface area contributed by atoms with Crippen LogP contribution in [0.15, 0.2) is 6.07 Å². The van der Waals surface area contributed by atoms with Crippen LogP contribution in [0.5, 0.6) is 0 Å². The molecule has 0 amide bonds. The van der Waals surface area contributed by atoms with E-state index < -0.39 is 0 Å². The Balaban J connectivity index is 3.00. The van der Waals surface area contributed by atoms with Gasteiger partial charge in [0.15, 0.2) is 0 Å². The normalized spacial score (nSPS) is 12.5. The topological polar surface area (TPSA) is 70.1 Å². The molecule has 0 spiro atoms. The molecule has 1 heterocycles. The molecule has 1 aromatic rings. The van der Waals surface area contributed by atoms with Gasteiger partial charge in [0.1, 0.15) is 11.5 Å². The highest BCUT2D eigenvalue weighted by atomic mass is 16.5. The summed E-state index contributed by atoms with van der Waals surface area (Å²) in [4.78, 5) is 11.6. The van der Waals surface area contributed by atoms with E-state index in [0.29, 0.717) is 18.1 Å². The Morgan fingerprint density at radius 1 is 1.67 bits per heavy atom. The summed E-state index contributed by atoms with van der Waals surface area (Å²) in [5.74, 6) is -0.0275. The average Bonchev–Trinajstić information content (AvgIpc) is 2.59. The zero-order valence-electron chi connectivity index (χ0n) is 9.36. The third kappa shape index (κ3) is 2.49. The molecule has 1 rings (SSSR count). The van der Waals surface area contributed by atoms with Gasteiger partial charge in [-0.25, -0.2) is 4.79 Å². The predicted molar refractivity (Wildman–Crippen MR) is 57.6 cm³/mol. The highest BCUT2D eigenvalue weighted by Gasteiger charge is 2.18. The van der Waals surface area contributed by atoms with Crippen molar-refractivity contribution in [1.82, 2.24) is 9.78 Å². The number of esters is 1. The highest BCUT2D eigenvalue weighted by molar-refractivity contribution is 5.88. The van der Waals surface area contributed by atoms with E-state index in [1.807, 2.05) is 13.8 Å². The van der Waals surface area contributed by atoms with Gasteiger partial charge in [0.05, 0.1) is 6.61 Å². The Kier molecular flexibility index (Phi) is 3.71. The Morgan fingerprint density at radius 3 is 2.87 bits per heavy atom. The second-order valence-corrected chi connectivity index (χ2v) is 3.38. The van der Waals surface area contributed by atoms with Crippen LogP contribution in [0.25, 0.3) is 0 Å².